The molecule has 0 radical (unpaired) electrons. The van der Waals surface area contributed by atoms with Gasteiger partial charge < -0.3 is 15.0 Å². The second-order valence-electron chi connectivity index (χ2n) is 8.04. The van der Waals surface area contributed by atoms with E-state index in [2.05, 4.69) is 21.2 Å². The summed E-state index contributed by atoms with van der Waals surface area (Å²) in [5, 5.41) is 3.04. The Morgan fingerprint density at radius 1 is 1.32 bits per heavy atom. The molecule has 2 aliphatic rings. The van der Waals surface area contributed by atoms with Gasteiger partial charge in [-0.1, -0.05) is 28.1 Å². The predicted octanol–water partition coefficient (Wildman–Crippen LogP) is 3.68. The molecule has 3 rings (SSSR count). The van der Waals surface area contributed by atoms with Crippen LogP contribution >= 0.6 is 15.9 Å². The van der Waals surface area contributed by atoms with Crippen molar-refractivity contribution in [3.63, 3.8) is 0 Å². The van der Waals surface area contributed by atoms with Gasteiger partial charge in [-0.2, -0.15) is 0 Å². The van der Waals surface area contributed by atoms with Crippen molar-refractivity contribution >= 4 is 27.9 Å². The lowest BCUT2D eigenvalue weighted by Gasteiger charge is -2.41. The Kier molecular flexibility index (Phi) is 4.84. The SMILES string of the molecule is CC(C)(C)OC(=O)N1CCC2(CC1)CNC(=O)[C@@H]2c1cccc(Br)c1. The van der Waals surface area contributed by atoms with E-state index in [9.17, 15) is 9.59 Å². The molecule has 0 unspecified atom stereocenters. The van der Waals surface area contributed by atoms with E-state index in [0.29, 0.717) is 19.6 Å². The first-order valence-corrected chi connectivity index (χ1v) is 9.51. The molecular weight excluding hydrogens is 384 g/mol. The number of carbonyl (C=O) groups is 2. The first-order valence-electron chi connectivity index (χ1n) is 8.71. The quantitative estimate of drug-likeness (QED) is 0.770. The molecule has 25 heavy (non-hydrogen) atoms. The Bertz CT molecular complexity index is 675. The zero-order valence-electron chi connectivity index (χ0n) is 15.0. The molecule has 0 aliphatic carbocycles. The number of hydrogen-bond acceptors (Lipinski definition) is 3. The van der Waals surface area contributed by atoms with Crippen molar-refractivity contribution in [3.8, 4) is 0 Å². The van der Waals surface area contributed by atoms with Crippen LogP contribution in [0.15, 0.2) is 28.7 Å². The van der Waals surface area contributed by atoms with Gasteiger partial charge >= 0.3 is 6.09 Å². The Hall–Kier alpha value is -1.56. The topological polar surface area (TPSA) is 58.6 Å². The highest BCUT2D eigenvalue weighted by Gasteiger charge is 2.50. The smallest absolute Gasteiger partial charge is 0.410 e. The van der Waals surface area contributed by atoms with Gasteiger partial charge in [0.25, 0.3) is 0 Å². The van der Waals surface area contributed by atoms with Gasteiger partial charge in [-0.25, -0.2) is 4.79 Å². The zero-order chi connectivity index (χ0) is 18.2. The number of nitrogens with one attached hydrogen (secondary N) is 1. The molecule has 1 N–H and O–H groups in total. The van der Waals surface area contributed by atoms with Crippen molar-refractivity contribution in [3.05, 3.63) is 34.3 Å². The second kappa shape index (κ2) is 6.63. The first-order chi connectivity index (χ1) is 11.7. The van der Waals surface area contributed by atoms with Crippen LogP contribution < -0.4 is 5.32 Å². The van der Waals surface area contributed by atoms with Crippen molar-refractivity contribution in [2.45, 2.75) is 45.1 Å². The third-order valence-electron chi connectivity index (χ3n) is 5.08. The average molecular weight is 409 g/mol. The Labute approximate surface area is 157 Å². The van der Waals surface area contributed by atoms with Crippen LogP contribution in [-0.4, -0.2) is 42.1 Å². The molecule has 2 heterocycles. The fraction of sp³-hybridized carbons (Fsp3) is 0.579. The number of amides is 2. The van der Waals surface area contributed by atoms with Crippen molar-refractivity contribution in [2.75, 3.05) is 19.6 Å². The van der Waals surface area contributed by atoms with E-state index in [1.165, 1.54) is 0 Å². The number of piperidine rings is 1. The molecule has 5 nitrogen and oxygen atoms in total. The zero-order valence-corrected chi connectivity index (χ0v) is 16.6. The maximum Gasteiger partial charge on any atom is 0.410 e. The molecule has 0 aromatic heterocycles. The van der Waals surface area contributed by atoms with Crippen LogP contribution in [0.3, 0.4) is 0 Å². The van der Waals surface area contributed by atoms with Crippen molar-refractivity contribution in [2.24, 2.45) is 5.41 Å². The highest BCUT2D eigenvalue weighted by atomic mass is 79.9. The van der Waals surface area contributed by atoms with E-state index in [1.807, 2.05) is 45.0 Å². The van der Waals surface area contributed by atoms with Crippen LogP contribution in [0.2, 0.25) is 0 Å². The molecule has 2 amide bonds. The number of ether oxygens (including phenoxy) is 1. The maximum absolute atomic E-state index is 12.5. The molecule has 2 fully saturated rings. The summed E-state index contributed by atoms with van der Waals surface area (Å²) in [5.74, 6) is -0.0744. The Morgan fingerprint density at radius 3 is 2.60 bits per heavy atom. The van der Waals surface area contributed by atoms with E-state index in [1.54, 1.807) is 4.90 Å². The third kappa shape index (κ3) is 3.84. The maximum atomic E-state index is 12.5. The Morgan fingerprint density at radius 2 is 2.00 bits per heavy atom. The summed E-state index contributed by atoms with van der Waals surface area (Å²) in [4.78, 5) is 26.6. The summed E-state index contributed by atoms with van der Waals surface area (Å²) in [6.45, 7) is 7.53. The van der Waals surface area contributed by atoms with Gasteiger partial charge in [0.1, 0.15) is 5.60 Å². The predicted molar refractivity (Wildman–Crippen MR) is 99.4 cm³/mol. The van der Waals surface area contributed by atoms with E-state index >= 15 is 0 Å². The molecule has 6 heteroatoms. The minimum absolute atomic E-state index is 0.0869. The van der Waals surface area contributed by atoms with Crippen molar-refractivity contribution < 1.29 is 14.3 Å². The lowest BCUT2D eigenvalue weighted by Crippen LogP contribution is -2.47. The molecule has 2 saturated heterocycles. The molecule has 0 bridgehead atoms. The fourth-order valence-corrected chi connectivity index (χ4v) is 4.28. The summed E-state index contributed by atoms with van der Waals surface area (Å²) >= 11 is 3.50. The molecule has 136 valence electrons. The molecule has 2 aliphatic heterocycles. The van der Waals surface area contributed by atoms with Gasteiger partial charge in [-0.05, 0) is 51.3 Å². The van der Waals surface area contributed by atoms with Gasteiger partial charge in [0.05, 0.1) is 5.92 Å². The normalized spacial score (nSPS) is 22.8. The van der Waals surface area contributed by atoms with E-state index in [-0.39, 0.29) is 23.3 Å². The molecule has 1 aromatic rings. The first kappa shape index (κ1) is 18.2. The molecule has 0 saturated carbocycles. The summed E-state index contributed by atoms with van der Waals surface area (Å²) in [6.07, 6.45) is 1.32. The number of halogens is 1. The lowest BCUT2D eigenvalue weighted by molar-refractivity contribution is -0.121. The van der Waals surface area contributed by atoms with Crippen LogP contribution in [0.25, 0.3) is 0 Å². The third-order valence-corrected chi connectivity index (χ3v) is 5.58. The van der Waals surface area contributed by atoms with Crippen molar-refractivity contribution in [1.29, 1.82) is 0 Å². The highest BCUT2D eigenvalue weighted by Crippen LogP contribution is 2.47. The Balaban J connectivity index is 1.75. The fourth-order valence-electron chi connectivity index (χ4n) is 3.86. The largest absolute Gasteiger partial charge is 0.444 e. The summed E-state index contributed by atoms with van der Waals surface area (Å²) < 4.78 is 6.45. The van der Waals surface area contributed by atoms with Gasteiger partial charge in [0.2, 0.25) is 5.91 Å². The van der Waals surface area contributed by atoms with Crippen LogP contribution in [-0.2, 0) is 9.53 Å². The molecule has 1 spiro atoms. The second-order valence-corrected chi connectivity index (χ2v) is 8.95. The number of rotatable bonds is 1. The number of carbonyl (C=O) groups excluding carboxylic acids is 2. The van der Waals surface area contributed by atoms with E-state index in [0.717, 1.165) is 22.9 Å². The van der Waals surface area contributed by atoms with Crippen LogP contribution in [0.1, 0.15) is 45.1 Å². The standard InChI is InChI=1S/C19H25BrN2O3/c1-18(2,3)25-17(24)22-9-7-19(8-10-22)12-21-16(23)15(19)13-5-4-6-14(20)11-13/h4-6,11,15H,7-10,12H2,1-3H3,(H,21,23)/t15-/m0/s1. The van der Waals surface area contributed by atoms with E-state index < -0.39 is 5.60 Å². The van der Waals surface area contributed by atoms with Gasteiger partial charge in [0, 0.05) is 29.5 Å². The molecule has 1 aromatic carbocycles. The number of likely N-dealkylation sites (tertiary alicyclic amines) is 1. The molecular formula is C19H25BrN2O3. The summed E-state index contributed by atoms with van der Waals surface area (Å²) in [5.41, 5.74) is 0.418. The average Bonchev–Trinajstić information content (AvgIpc) is 2.82. The van der Waals surface area contributed by atoms with Gasteiger partial charge in [0.15, 0.2) is 0 Å². The van der Waals surface area contributed by atoms with Crippen LogP contribution in [0.5, 0.6) is 0 Å². The van der Waals surface area contributed by atoms with Crippen LogP contribution in [0, 0.1) is 5.41 Å². The lowest BCUT2D eigenvalue weighted by atomic mass is 9.68. The molecule has 1 atom stereocenters. The van der Waals surface area contributed by atoms with E-state index in [4.69, 9.17) is 4.74 Å². The number of nitrogens with zero attached hydrogens (tertiary/aromatic N) is 1. The highest BCUT2D eigenvalue weighted by molar-refractivity contribution is 9.10. The van der Waals surface area contributed by atoms with Crippen LogP contribution in [0.4, 0.5) is 4.79 Å². The van der Waals surface area contributed by atoms with Crippen molar-refractivity contribution in [1.82, 2.24) is 10.2 Å². The summed E-state index contributed by atoms with van der Waals surface area (Å²) in [6, 6.07) is 7.97. The minimum Gasteiger partial charge on any atom is -0.444 e. The summed E-state index contributed by atoms with van der Waals surface area (Å²) in [7, 11) is 0. The van der Waals surface area contributed by atoms with Gasteiger partial charge in [-0.3, -0.25) is 4.79 Å². The monoisotopic (exact) mass is 408 g/mol. The van der Waals surface area contributed by atoms with Gasteiger partial charge in [-0.15, -0.1) is 0 Å². The minimum atomic E-state index is -0.490. The number of hydrogen-bond donors (Lipinski definition) is 1. The number of benzene rings is 1.